The molecule has 0 atom stereocenters. The Balaban J connectivity index is 2.27. The molecular weight excluding hydrogens is 362 g/mol. The first-order chi connectivity index (χ1) is 7.66. The zero-order valence-electron chi connectivity index (χ0n) is 7.82. The number of halogens is 3. The Morgan fingerprint density at radius 3 is 2.50 bits per heavy atom. The van der Waals surface area contributed by atoms with E-state index in [9.17, 15) is 0 Å². The van der Waals surface area contributed by atoms with E-state index < -0.39 is 0 Å². The summed E-state index contributed by atoms with van der Waals surface area (Å²) < 4.78 is 6.34. The first-order valence-electron chi connectivity index (χ1n) is 4.26. The Hall–Kier alpha value is -0.590. The van der Waals surface area contributed by atoms with Gasteiger partial charge >= 0.3 is 6.01 Å². The molecule has 1 aromatic heterocycles. The second kappa shape index (κ2) is 5.16. The van der Waals surface area contributed by atoms with Crippen LogP contribution in [0.25, 0.3) is 0 Å². The van der Waals surface area contributed by atoms with Gasteiger partial charge in [-0.2, -0.15) is 0 Å². The average Bonchev–Trinajstić information content (AvgIpc) is 2.28. The van der Waals surface area contributed by atoms with Crippen LogP contribution in [0, 0.1) is 3.57 Å². The summed E-state index contributed by atoms with van der Waals surface area (Å²) in [5, 5.41) is 0.788. The van der Waals surface area contributed by atoms with Gasteiger partial charge in [-0.1, -0.05) is 29.3 Å². The molecule has 2 rings (SSSR count). The van der Waals surface area contributed by atoms with E-state index in [0.29, 0.717) is 15.8 Å². The van der Waals surface area contributed by atoms with Gasteiger partial charge in [0.1, 0.15) is 5.02 Å². The minimum absolute atomic E-state index is 0.240. The van der Waals surface area contributed by atoms with Gasteiger partial charge in [0.25, 0.3) is 0 Å². The van der Waals surface area contributed by atoms with Crippen molar-refractivity contribution >= 4 is 45.8 Å². The molecule has 2 aromatic rings. The Morgan fingerprint density at radius 1 is 1.12 bits per heavy atom. The van der Waals surface area contributed by atoms with Crippen molar-refractivity contribution in [2.45, 2.75) is 0 Å². The van der Waals surface area contributed by atoms with Crippen molar-refractivity contribution in [3.63, 3.8) is 0 Å². The number of hydrogen-bond acceptors (Lipinski definition) is 3. The molecule has 3 nitrogen and oxygen atoms in total. The zero-order chi connectivity index (χ0) is 11.5. The van der Waals surface area contributed by atoms with Crippen LogP contribution in [0.2, 0.25) is 10.0 Å². The van der Waals surface area contributed by atoms with E-state index in [0.717, 1.165) is 3.57 Å². The maximum absolute atomic E-state index is 5.96. The van der Waals surface area contributed by atoms with Crippen molar-refractivity contribution in [1.29, 1.82) is 0 Å². The average molecular weight is 367 g/mol. The first kappa shape index (κ1) is 11.9. The molecule has 0 aliphatic heterocycles. The van der Waals surface area contributed by atoms with E-state index in [1.807, 2.05) is 0 Å². The lowest BCUT2D eigenvalue weighted by Crippen LogP contribution is -1.92. The number of rotatable bonds is 2. The van der Waals surface area contributed by atoms with Gasteiger partial charge in [-0.3, -0.25) is 0 Å². The van der Waals surface area contributed by atoms with Crippen molar-refractivity contribution in [1.82, 2.24) is 9.97 Å². The normalized spacial score (nSPS) is 10.2. The van der Waals surface area contributed by atoms with Gasteiger partial charge in [0.15, 0.2) is 5.75 Å². The van der Waals surface area contributed by atoms with Crippen LogP contribution in [0.1, 0.15) is 0 Å². The summed E-state index contributed by atoms with van der Waals surface area (Å²) in [6.45, 7) is 0. The van der Waals surface area contributed by atoms with Crippen LogP contribution < -0.4 is 4.74 Å². The molecular formula is C10H5Cl2IN2O. The molecule has 0 spiro atoms. The minimum Gasteiger partial charge on any atom is -0.423 e. The number of benzene rings is 1. The highest BCUT2D eigenvalue weighted by molar-refractivity contribution is 14.1. The summed E-state index contributed by atoms with van der Waals surface area (Å²) in [5.41, 5.74) is 0. The summed E-state index contributed by atoms with van der Waals surface area (Å²) in [6, 6.07) is 5.38. The maximum atomic E-state index is 5.96. The maximum Gasteiger partial charge on any atom is 0.321 e. The van der Waals surface area contributed by atoms with E-state index in [1.54, 1.807) is 30.6 Å². The van der Waals surface area contributed by atoms with Crippen LogP contribution in [0.3, 0.4) is 0 Å². The van der Waals surface area contributed by atoms with E-state index in [4.69, 9.17) is 27.9 Å². The molecule has 0 N–H and O–H groups in total. The lowest BCUT2D eigenvalue weighted by Gasteiger charge is -2.05. The molecule has 0 amide bonds. The molecule has 0 radical (unpaired) electrons. The SMILES string of the molecule is Clc1cccc(Oc2ncc(I)cn2)c1Cl. The summed E-state index contributed by atoms with van der Waals surface area (Å²) in [4.78, 5) is 8.00. The topological polar surface area (TPSA) is 35.0 Å². The third kappa shape index (κ3) is 2.75. The molecule has 0 aliphatic carbocycles. The molecule has 6 heteroatoms. The van der Waals surface area contributed by atoms with Crippen LogP contribution in [-0.4, -0.2) is 9.97 Å². The van der Waals surface area contributed by atoms with E-state index in [-0.39, 0.29) is 6.01 Å². The first-order valence-corrected chi connectivity index (χ1v) is 6.09. The fourth-order valence-electron chi connectivity index (χ4n) is 1.01. The largest absolute Gasteiger partial charge is 0.423 e. The fraction of sp³-hybridized carbons (Fsp3) is 0. The lowest BCUT2D eigenvalue weighted by atomic mass is 10.3. The van der Waals surface area contributed by atoms with Gasteiger partial charge in [-0.05, 0) is 34.7 Å². The highest BCUT2D eigenvalue weighted by atomic mass is 127. The van der Waals surface area contributed by atoms with Gasteiger partial charge in [0.2, 0.25) is 0 Å². The molecule has 16 heavy (non-hydrogen) atoms. The van der Waals surface area contributed by atoms with Crippen molar-refractivity contribution in [3.8, 4) is 11.8 Å². The second-order valence-electron chi connectivity index (χ2n) is 2.84. The van der Waals surface area contributed by atoms with Crippen LogP contribution in [0.5, 0.6) is 11.8 Å². The summed E-state index contributed by atoms with van der Waals surface area (Å²) in [5.74, 6) is 0.440. The van der Waals surface area contributed by atoms with Crippen molar-refractivity contribution in [3.05, 3.63) is 44.2 Å². The molecule has 0 saturated carbocycles. The van der Waals surface area contributed by atoms with Gasteiger partial charge in [-0.25, -0.2) is 9.97 Å². The Labute approximate surface area is 116 Å². The summed E-state index contributed by atoms with van der Waals surface area (Å²) in [7, 11) is 0. The van der Waals surface area contributed by atoms with Crippen molar-refractivity contribution < 1.29 is 4.74 Å². The van der Waals surface area contributed by atoms with Crippen LogP contribution in [-0.2, 0) is 0 Å². The third-order valence-electron chi connectivity index (χ3n) is 1.71. The molecule has 1 heterocycles. The minimum atomic E-state index is 0.240. The van der Waals surface area contributed by atoms with Gasteiger partial charge in [0.05, 0.1) is 5.02 Å². The molecule has 0 bridgehead atoms. The van der Waals surface area contributed by atoms with E-state index >= 15 is 0 Å². The standard InChI is InChI=1S/C10H5Cl2IN2O/c11-7-2-1-3-8(9(7)12)16-10-14-4-6(13)5-15-10/h1-5H. The van der Waals surface area contributed by atoms with Crippen LogP contribution in [0.15, 0.2) is 30.6 Å². The number of aromatic nitrogens is 2. The van der Waals surface area contributed by atoms with Crippen LogP contribution >= 0.6 is 45.8 Å². The molecule has 1 aromatic carbocycles. The zero-order valence-corrected chi connectivity index (χ0v) is 11.5. The predicted octanol–water partition coefficient (Wildman–Crippen LogP) is 4.18. The number of ether oxygens (including phenoxy) is 1. The number of hydrogen-bond donors (Lipinski definition) is 0. The molecule has 0 saturated heterocycles. The van der Waals surface area contributed by atoms with E-state index in [2.05, 4.69) is 32.6 Å². The smallest absolute Gasteiger partial charge is 0.321 e. The highest BCUT2D eigenvalue weighted by Crippen LogP contribution is 2.33. The molecule has 0 aliphatic rings. The summed E-state index contributed by atoms with van der Waals surface area (Å²) >= 11 is 13.9. The van der Waals surface area contributed by atoms with E-state index in [1.165, 1.54) is 0 Å². The Kier molecular flexibility index (Phi) is 3.83. The molecule has 0 fully saturated rings. The summed E-state index contributed by atoms with van der Waals surface area (Å²) in [6.07, 6.45) is 3.31. The van der Waals surface area contributed by atoms with Gasteiger partial charge in [0, 0.05) is 16.0 Å². The van der Waals surface area contributed by atoms with Gasteiger partial charge in [-0.15, -0.1) is 0 Å². The predicted molar refractivity (Wildman–Crippen MR) is 71.3 cm³/mol. The Morgan fingerprint density at radius 2 is 1.81 bits per heavy atom. The monoisotopic (exact) mass is 366 g/mol. The quantitative estimate of drug-likeness (QED) is 0.748. The highest BCUT2D eigenvalue weighted by Gasteiger charge is 2.07. The fourth-order valence-corrected chi connectivity index (χ4v) is 1.62. The third-order valence-corrected chi connectivity index (χ3v) is 3.07. The molecule has 0 unspecified atom stereocenters. The second-order valence-corrected chi connectivity index (χ2v) is 4.87. The Bertz CT molecular complexity index is 505. The molecule has 82 valence electrons. The van der Waals surface area contributed by atoms with Crippen molar-refractivity contribution in [2.75, 3.05) is 0 Å². The lowest BCUT2D eigenvalue weighted by molar-refractivity contribution is 0.441. The van der Waals surface area contributed by atoms with Gasteiger partial charge < -0.3 is 4.74 Å². The van der Waals surface area contributed by atoms with Crippen molar-refractivity contribution in [2.24, 2.45) is 0 Å². The van der Waals surface area contributed by atoms with Crippen LogP contribution in [0.4, 0.5) is 0 Å². The number of nitrogens with zero attached hydrogens (tertiary/aromatic N) is 2.